The molecular weight excluding hydrogens is 400 g/mol. The van der Waals surface area contributed by atoms with Crippen LogP contribution in [0.4, 0.5) is 23.2 Å². The van der Waals surface area contributed by atoms with E-state index in [0.29, 0.717) is 5.02 Å². The largest absolute Gasteiger partial charge is 0.385 e. The number of hydrogen-bond acceptors (Lipinski definition) is 4. The van der Waals surface area contributed by atoms with Crippen LogP contribution in [-0.2, 0) is 0 Å². The highest BCUT2D eigenvalue weighted by Gasteiger charge is 2.53. The van der Waals surface area contributed by atoms with Crippen LogP contribution < -0.4 is 11.1 Å². The molecule has 148 valence electrons. The molecule has 0 saturated heterocycles. The van der Waals surface area contributed by atoms with Crippen molar-refractivity contribution in [2.24, 2.45) is 10.7 Å². The molecule has 0 aliphatic carbocycles. The number of nitrogens with zero attached hydrogens (tertiary/aromatic N) is 2. The molecule has 2 heterocycles. The lowest BCUT2D eigenvalue weighted by atomic mass is 9.87. The Morgan fingerprint density at radius 1 is 1.29 bits per heavy atom. The van der Waals surface area contributed by atoms with E-state index in [-0.39, 0.29) is 11.4 Å². The minimum absolute atomic E-state index is 0.0220. The minimum atomic E-state index is -3.67. The summed E-state index contributed by atoms with van der Waals surface area (Å²) in [6.45, 7) is 0.891. The zero-order valence-corrected chi connectivity index (χ0v) is 15.3. The quantitative estimate of drug-likeness (QED) is 0.735. The molecule has 0 saturated carbocycles. The van der Waals surface area contributed by atoms with Gasteiger partial charge >= 0.3 is 0 Å². The van der Waals surface area contributed by atoms with Gasteiger partial charge in [0.2, 0.25) is 0 Å². The van der Waals surface area contributed by atoms with Crippen molar-refractivity contribution < 1.29 is 22.4 Å². The fraction of sp³-hybridized carbons (Fsp3) is 0.278. The van der Waals surface area contributed by atoms with E-state index in [0.717, 1.165) is 19.1 Å². The Labute approximate surface area is 162 Å². The summed E-state index contributed by atoms with van der Waals surface area (Å²) < 4.78 is 57.2. The number of carbonyl (C=O) groups excluding carboxylic acids is 1. The summed E-state index contributed by atoms with van der Waals surface area (Å²) in [4.78, 5) is 19.5. The highest BCUT2D eigenvalue weighted by atomic mass is 35.5. The molecule has 0 fully saturated rings. The molecule has 1 aliphatic rings. The lowest BCUT2D eigenvalue weighted by Gasteiger charge is -2.35. The van der Waals surface area contributed by atoms with Crippen molar-refractivity contribution in [3.63, 3.8) is 0 Å². The first kappa shape index (κ1) is 20.1. The third kappa shape index (κ3) is 3.94. The van der Waals surface area contributed by atoms with Crippen LogP contribution in [0.2, 0.25) is 5.02 Å². The highest BCUT2D eigenvalue weighted by molar-refractivity contribution is 6.30. The molecule has 2 unspecified atom stereocenters. The third-order valence-electron chi connectivity index (χ3n) is 4.28. The standard InChI is InChI=1S/C18H15ClF4N4O/c1-17(21)8-18(22,23)14(27-16(17)24)11-6-10(3-4-12(11)20)26-15(28)13-5-2-9(19)7-25-13/h2-7,14H,8H2,1H3,(H2,24,27)(H,26,28). The van der Waals surface area contributed by atoms with Crippen molar-refractivity contribution in [1.82, 2.24) is 4.98 Å². The summed E-state index contributed by atoms with van der Waals surface area (Å²) in [6.07, 6.45) is 0.0331. The van der Waals surface area contributed by atoms with E-state index in [9.17, 15) is 22.4 Å². The number of nitrogens with one attached hydrogen (secondary N) is 1. The van der Waals surface area contributed by atoms with Crippen molar-refractivity contribution in [3.8, 4) is 0 Å². The molecule has 2 aromatic rings. The molecule has 0 bridgehead atoms. The average molecular weight is 415 g/mol. The van der Waals surface area contributed by atoms with Gasteiger partial charge in [0.15, 0.2) is 5.67 Å². The number of halogens is 5. The van der Waals surface area contributed by atoms with Crippen LogP contribution in [0.3, 0.4) is 0 Å². The van der Waals surface area contributed by atoms with Crippen LogP contribution >= 0.6 is 11.6 Å². The van der Waals surface area contributed by atoms with Gasteiger partial charge in [-0.3, -0.25) is 9.79 Å². The lowest BCUT2D eigenvalue weighted by molar-refractivity contribution is -0.0675. The number of anilines is 1. The van der Waals surface area contributed by atoms with Crippen molar-refractivity contribution >= 4 is 29.0 Å². The number of amides is 1. The Kier molecular flexibility index (Phi) is 5.05. The minimum Gasteiger partial charge on any atom is -0.385 e. The number of carbonyl (C=O) groups is 1. The topological polar surface area (TPSA) is 80.4 Å². The number of hydrogen-bond donors (Lipinski definition) is 2. The first-order valence-electron chi connectivity index (χ1n) is 8.12. The molecular formula is C18H15ClF4N4O. The van der Waals surface area contributed by atoms with E-state index >= 15 is 0 Å². The van der Waals surface area contributed by atoms with Gasteiger partial charge < -0.3 is 11.1 Å². The average Bonchev–Trinajstić information content (AvgIpc) is 2.60. The van der Waals surface area contributed by atoms with E-state index in [4.69, 9.17) is 17.3 Å². The number of rotatable bonds is 3. The molecule has 1 aromatic heterocycles. The second kappa shape index (κ2) is 7.05. The first-order chi connectivity index (χ1) is 13.0. The number of nitrogens with two attached hydrogens (primary N) is 1. The number of aliphatic imine (C=N–C) groups is 1. The molecule has 10 heteroatoms. The van der Waals surface area contributed by atoms with Crippen molar-refractivity contribution in [3.05, 3.63) is 58.6 Å². The van der Waals surface area contributed by atoms with Crippen LogP contribution in [0.15, 0.2) is 41.5 Å². The zero-order chi connectivity index (χ0) is 20.7. The number of benzene rings is 1. The zero-order valence-electron chi connectivity index (χ0n) is 14.5. The Bertz CT molecular complexity index is 947. The maximum Gasteiger partial charge on any atom is 0.277 e. The molecule has 5 nitrogen and oxygen atoms in total. The van der Waals surface area contributed by atoms with E-state index in [2.05, 4.69) is 15.3 Å². The molecule has 28 heavy (non-hydrogen) atoms. The Balaban J connectivity index is 1.92. The van der Waals surface area contributed by atoms with Crippen molar-refractivity contribution in [2.75, 3.05) is 5.32 Å². The van der Waals surface area contributed by atoms with Crippen LogP contribution in [-0.4, -0.2) is 28.3 Å². The predicted octanol–water partition coefficient (Wildman–Crippen LogP) is 4.29. The van der Waals surface area contributed by atoms with Gasteiger partial charge in [-0.15, -0.1) is 0 Å². The number of amidine groups is 1. The van der Waals surface area contributed by atoms with Crippen LogP contribution in [0, 0.1) is 5.82 Å². The van der Waals surface area contributed by atoms with Crippen LogP contribution in [0.1, 0.15) is 35.4 Å². The summed E-state index contributed by atoms with van der Waals surface area (Å²) in [5.41, 5.74) is 2.50. The SMILES string of the molecule is CC1(F)CC(F)(F)C(c2cc(NC(=O)c3ccc(Cl)cn3)ccc2F)N=C1N. The number of pyridine rings is 1. The normalized spacial score (nSPS) is 23.8. The maximum atomic E-state index is 14.4. The van der Waals surface area contributed by atoms with Gasteiger partial charge in [0, 0.05) is 17.4 Å². The van der Waals surface area contributed by atoms with E-state index in [1.807, 2.05) is 0 Å². The van der Waals surface area contributed by atoms with Gasteiger partial charge in [-0.25, -0.2) is 22.5 Å². The summed E-state index contributed by atoms with van der Waals surface area (Å²) in [5, 5.41) is 2.76. The highest BCUT2D eigenvalue weighted by Crippen LogP contribution is 2.46. The number of aromatic nitrogens is 1. The van der Waals surface area contributed by atoms with Gasteiger partial charge in [-0.1, -0.05) is 11.6 Å². The summed E-state index contributed by atoms with van der Waals surface area (Å²) in [6, 6.07) is 3.92. The van der Waals surface area contributed by atoms with Crippen LogP contribution in [0.25, 0.3) is 0 Å². The van der Waals surface area contributed by atoms with E-state index < -0.39 is 47.2 Å². The second-order valence-electron chi connectivity index (χ2n) is 6.60. The molecule has 1 aromatic carbocycles. The molecule has 2 atom stereocenters. The van der Waals surface area contributed by atoms with Crippen molar-refractivity contribution in [2.45, 2.75) is 31.0 Å². The molecule has 3 rings (SSSR count). The Morgan fingerprint density at radius 2 is 2.00 bits per heavy atom. The van der Waals surface area contributed by atoms with Gasteiger partial charge in [0.05, 0.1) is 11.4 Å². The molecule has 3 N–H and O–H groups in total. The second-order valence-corrected chi connectivity index (χ2v) is 7.04. The monoisotopic (exact) mass is 414 g/mol. The van der Waals surface area contributed by atoms with E-state index in [1.54, 1.807) is 0 Å². The molecule has 0 spiro atoms. The molecule has 1 amide bonds. The summed E-state index contributed by atoms with van der Waals surface area (Å²) >= 11 is 5.70. The fourth-order valence-electron chi connectivity index (χ4n) is 2.83. The van der Waals surface area contributed by atoms with Crippen molar-refractivity contribution in [1.29, 1.82) is 0 Å². The van der Waals surface area contributed by atoms with E-state index in [1.165, 1.54) is 24.4 Å². The first-order valence-corrected chi connectivity index (χ1v) is 8.50. The molecule has 1 aliphatic heterocycles. The smallest absolute Gasteiger partial charge is 0.277 e. The molecule has 0 radical (unpaired) electrons. The Hall–Kier alpha value is -2.68. The predicted molar refractivity (Wildman–Crippen MR) is 97.0 cm³/mol. The third-order valence-corrected chi connectivity index (χ3v) is 4.50. The summed E-state index contributed by atoms with van der Waals surface area (Å²) in [7, 11) is 0. The lowest BCUT2D eigenvalue weighted by Crippen LogP contribution is -2.48. The van der Waals surface area contributed by atoms with Crippen LogP contribution in [0.5, 0.6) is 0 Å². The Morgan fingerprint density at radius 3 is 2.64 bits per heavy atom. The maximum absolute atomic E-state index is 14.4. The summed E-state index contributed by atoms with van der Waals surface area (Å²) in [5.74, 6) is -5.94. The number of alkyl halides is 3. The van der Waals surface area contributed by atoms with Gasteiger partial charge in [0.1, 0.15) is 23.4 Å². The fourth-order valence-corrected chi connectivity index (χ4v) is 2.94. The van der Waals surface area contributed by atoms with Gasteiger partial charge in [-0.05, 0) is 37.3 Å². The van der Waals surface area contributed by atoms with Gasteiger partial charge in [0.25, 0.3) is 11.8 Å². The van der Waals surface area contributed by atoms with Gasteiger partial charge in [-0.2, -0.15) is 0 Å².